The zero-order valence-corrected chi connectivity index (χ0v) is 12.7. The third kappa shape index (κ3) is 3.82. The number of nitrogens with zero attached hydrogens (tertiary/aromatic N) is 2. The number of amides is 1. The van der Waals surface area contributed by atoms with E-state index in [9.17, 15) is 4.79 Å². The number of aliphatic hydroxyl groups is 2. The molecule has 6 heteroatoms. The van der Waals surface area contributed by atoms with Gasteiger partial charge in [0.2, 0.25) is 0 Å². The zero-order valence-electron chi connectivity index (χ0n) is 11.9. The van der Waals surface area contributed by atoms with Crippen LogP contribution in [0.2, 0.25) is 5.02 Å². The summed E-state index contributed by atoms with van der Waals surface area (Å²) in [6, 6.07) is 10.6. The number of hydrogen-bond donors (Lipinski definition) is 2. The van der Waals surface area contributed by atoms with E-state index in [0.29, 0.717) is 10.6 Å². The molecule has 0 aliphatic heterocycles. The summed E-state index contributed by atoms with van der Waals surface area (Å²) in [5.41, 5.74) is 1.84. The van der Waals surface area contributed by atoms with Crippen molar-refractivity contribution in [1.29, 1.82) is 0 Å². The number of carbonyl (C=O) groups excluding carboxylic acids is 1. The molecule has 5 nitrogen and oxygen atoms in total. The number of hydrogen-bond acceptors (Lipinski definition) is 4. The van der Waals surface area contributed by atoms with Gasteiger partial charge in [0.15, 0.2) is 0 Å². The Labute approximate surface area is 133 Å². The molecule has 0 atom stereocenters. The molecule has 0 fully saturated rings. The molecule has 1 amide bonds. The second-order valence-electron chi connectivity index (χ2n) is 4.65. The van der Waals surface area contributed by atoms with Crippen molar-refractivity contribution >= 4 is 17.5 Å². The second kappa shape index (κ2) is 7.89. The van der Waals surface area contributed by atoms with Gasteiger partial charge >= 0.3 is 0 Å². The van der Waals surface area contributed by atoms with E-state index in [2.05, 4.69) is 4.98 Å². The highest BCUT2D eigenvalue weighted by atomic mass is 35.5. The lowest BCUT2D eigenvalue weighted by Crippen LogP contribution is -2.36. The Hall–Kier alpha value is -1.95. The Balaban J connectivity index is 2.35. The van der Waals surface area contributed by atoms with Gasteiger partial charge in [-0.25, -0.2) is 0 Å². The van der Waals surface area contributed by atoms with E-state index in [1.165, 1.54) is 4.90 Å². The summed E-state index contributed by atoms with van der Waals surface area (Å²) < 4.78 is 0. The molecule has 0 aliphatic carbocycles. The SMILES string of the molecule is O=C(c1cc(-c2ccccn2)ccc1Cl)N(CCO)CCO. The first-order valence-corrected chi connectivity index (χ1v) is 7.27. The molecule has 2 rings (SSSR count). The first kappa shape index (κ1) is 16.4. The van der Waals surface area contributed by atoms with Crippen molar-refractivity contribution in [1.82, 2.24) is 9.88 Å². The number of halogens is 1. The fraction of sp³-hybridized carbons (Fsp3) is 0.250. The Morgan fingerprint density at radius 2 is 1.86 bits per heavy atom. The number of aliphatic hydroxyl groups excluding tert-OH is 2. The van der Waals surface area contributed by atoms with Crippen LogP contribution in [0.15, 0.2) is 42.6 Å². The van der Waals surface area contributed by atoms with Crippen LogP contribution in [0.5, 0.6) is 0 Å². The van der Waals surface area contributed by atoms with Crippen LogP contribution in [0.4, 0.5) is 0 Å². The molecule has 1 aromatic heterocycles. The predicted octanol–water partition coefficient (Wildman–Crippen LogP) is 1.83. The molecule has 0 saturated heterocycles. The molecule has 22 heavy (non-hydrogen) atoms. The molecule has 1 aromatic carbocycles. The molecule has 0 spiro atoms. The number of pyridine rings is 1. The van der Waals surface area contributed by atoms with E-state index in [1.54, 1.807) is 24.4 Å². The van der Waals surface area contributed by atoms with Crippen molar-refractivity contribution in [3.63, 3.8) is 0 Å². The van der Waals surface area contributed by atoms with Crippen LogP contribution in [0.3, 0.4) is 0 Å². The molecular weight excluding hydrogens is 304 g/mol. The van der Waals surface area contributed by atoms with Crippen LogP contribution < -0.4 is 0 Å². The van der Waals surface area contributed by atoms with E-state index < -0.39 is 0 Å². The molecule has 0 saturated carbocycles. The fourth-order valence-corrected chi connectivity index (χ4v) is 2.31. The van der Waals surface area contributed by atoms with Gasteiger partial charge in [-0.3, -0.25) is 9.78 Å². The summed E-state index contributed by atoms with van der Waals surface area (Å²) >= 11 is 6.13. The smallest absolute Gasteiger partial charge is 0.255 e. The van der Waals surface area contributed by atoms with Crippen LogP contribution in [0.1, 0.15) is 10.4 Å². The lowest BCUT2D eigenvalue weighted by atomic mass is 10.1. The Bertz CT molecular complexity index is 629. The quantitative estimate of drug-likeness (QED) is 0.851. The second-order valence-corrected chi connectivity index (χ2v) is 5.06. The zero-order chi connectivity index (χ0) is 15.9. The summed E-state index contributed by atoms with van der Waals surface area (Å²) in [7, 11) is 0. The lowest BCUT2D eigenvalue weighted by Gasteiger charge is -2.21. The average molecular weight is 321 g/mol. The van der Waals surface area contributed by atoms with Gasteiger partial charge in [0.1, 0.15) is 0 Å². The topological polar surface area (TPSA) is 73.7 Å². The van der Waals surface area contributed by atoms with Crippen molar-refractivity contribution in [3.05, 3.63) is 53.2 Å². The van der Waals surface area contributed by atoms with Crippen LogP contribution in [0.25, 0.3) is 11.3 Å². The lowest BCUT2D eigenvalue weighted by molar-refractivity contribution is 0.0685. The van der Waals surface area contributed by atoms with Gasteiger partial charge in [-0.15, -0.1) is 0 Å². The number of carbonyl (C=O) groups is 1. The first-order valence-electron chi connectivity index (χ1n) is 6.89. The average Bonchev–Trinajstić information content (AvgIpc) is 2.55. The minimum Gasteiger partial charge on any atom is -0.395 e. The van der Waals surface area contributed by atoms with Crippen LogP contribution in [-0.2, 0) is 0 Å². The highest BCUT2D eigenvalue weighted by molar-refractivity contribution is 6.34. The molecular formula is C16H17ClN2O3. The maximum atomic E-state index is 12.5. The molecule has 1 heterocycles. The summed E-state index contributed by atoms with van der Waals surface area (Å²) in [6.07, 6.45) is 1.68. The van der Waals surface area contributed by atoms with Crippen molar-refractivity contribution in [3.8, 4) is 11.3 Å². The summed E-state index contributed by atoms with van der Waals surface area (Å²) in [5, 5.41) is 18.4. The monoisotopic (exact) mass is 320 g/mol. The minimum atomic E-state index is -0.328. The van der Waals surface area contributed by atoms with Gasteiger partial charge in [0.25, 0.3) is 5.91 Å². The molecule has 0 radical (unpaired) electrons. The highest BCUT2D eigenvalue weighted by Crippen LogP contribution is 2.25. The van der Waals surface area contributed by atoms with Crippen molar-refractivity contribution < 1.29 is 15.0 Å². The summed E-state index contributed by atoms with van der Waals surface area (Å²) in [5.74, 6) is -0.328. The van der Waals surface area contributed by atoms with Crippen LogP contribution in [-0.4, -0.2) is 52.3 Å². The fourth-order valence-electron chi connectivity index (χ4n) is 2.11. The molecule has 0 bridgehead atoms. The van der Waals surface area contributed by atoms with E-state index in [4.69, 9.17) is 21.8 Å². The first-order chi connectivity index (χ1) is 10.7. The maximum Gasteiger partial charge on any atom is 0.255 e. The van der Waals surface area contributed by atoms with Crippen molar-refractivity contribution in [2.24, 2.45) is 0 Å². The van der Waals surface area contributed by atoms with Crippen molar-refractivity contribution in [2.75, 3.05) is 26.3 Å². The maximum absolute atomic E-state index is 12.5. The molecule has 0 aliphatic rings. The highest BCUT2D eigenvalue weighted by Gasteiger charge is 2.18. The standard InChI is InChI=1S/C16H17ClN2O3/c17-14-5-4-12(15-3-1-2-6-18-15)11-13(14)16(22)19(7-9-20)8-10-21/h1-6,11,20-21H,7-10H2. The van der Waals surface area contributed by atoms with Gasteiger partial charge < -0.3 is 15.1 Å². The number of rotatable bonds is 6. The Morgan fingerprint density at radius 1 is 1.14 bits per heavy atom. The third-order valence-corrected chi connectivity index (χ3v) is 3.51. The van der Waals surface area contributed by atoms with Gasteiger partial charge in [-0.1, -0.05) is 23.7 Å². The van der Waals surface area contributed by atoms with Crippen LogP contribution >= 0.6 is 11.6 Å². The largest absolute Gasteiger partial charge is 0.395 e. The van der Waals surface area contributed by atoms with Crippen LogP contribution in [0, 0.1) is 0 Å². The van der Waals surface area contributed by atoms with Gasteiger partial charge in [-0.2, -0.15) is 0 Å². The summed E-state index contributed by atoms with van der Waals surface area (Å²) in [4.78, 5) is 18.1. The molecule has 116 valence electrons. The molecule has 0 unspecified atom stereocenters. The molecule has 2 aromatic rings. The number of benzene rings is 1. The summed E-state index contributed by atoms with van der Waals surface area (Å²) in [6.45, 7) is -0.0698. The Morgan fingerprint density at radius 3 is 2.45 bits per heavy atom. The van der Waals surface area contributed by atoms with E-state index in [0.717, 1.165) is 11.3 Å². The van der Waals surface area contributed by atoms with E-state index in [-0.39, 0.29) is 32.2 Å². The Kier molecular flexibility index (Phi) is 5.89. The normalized spacial score (nSPS) is 10.5. The number of aromatic nitrogens is 1. The van der Waals surface area contributed by atoms with E-state index >= 15 is 0 Å². The van der Waals surface area contributed by atoms with Gasteiger partial charge in [-0.05, 0) is 24.3 Å². The van der Waals surface area contributed by atoms with E-state index in [1.807, 2.05) is 18.2 Å². The minimum absolute atomic E-state index is 0.142. The molecule has 2 N–H and O–H groups in total. The predicted molar refractivity (Wildman–Crippen MR) is 84.8 cm³/mol. The third-order valence-electron chi connectivity index (χ3n) is 3.18. The van der Waals surface area contributed by atoms with Gasteiger partial charge in [0.05, 0.1) is 29.5 Å². The van der Waals surface area contributed by atoms with Crippen molar-refractivity contribution in [2.45, 2.75) is 0 Å². The van der Waals surface area contributed by atoms with Gasteiger partial charge in [0, 0.05) is 24.8 Å².